The molecule has 0 aliphatic carbocycles. The van der Waals surface area contributed by atoms with Crippen LogP contribution in [0.5, 0.6) is 0 Å². The van der Waals surface area contributed by atoms with E-state index < -0.39 is 6.10 Å². The van der Waals surface area contributed by atoms with Gasteiger partial charge < -0.3 is 4.74 Å². The molecule has 0 spiro atoms. The summed E-state index contributed by atoms with van der Waals surface area (Å²) in [5, 5.41) is 0. The molecular weight excluding hydrogens is 368 g/mol. The number of hydrogen-bond donors (Lipinski definition) is 0. The van der Waals surface area contributed by atoms with Crippen molar-refractivity contribution >= 4 is 27.5 Å². The second-order valence-electron chi connectivity index (χ2n) is 5.82. The lowest BCUT2D eigenvalue weighted by atomic mass is 9.83. The average molecular weight is 385 g/mol. The van der Waals surface area contributed by atoms with Gasteiger partial charge in [-0.1, -0.05) is 58.4 Å². The van der Waals surface area contributed by atoms with E-state index in [4.69, 9.17) is 4.74 Å². The Kier molecular flexibility index (Phi) is 4.67. The maximum atomic E-state index is 12.9. The SMILES string of the molecule is CC(=O)C1=C(C)O[C@H](C(=O)c2ccccc2)[C@H]1c1ccc(Br)cc1. The van der Waals surface area contributed by atoms with Gasteiger partial charge in [0.2, 0.25) is 5.78 Å². The number of carbonyl (C=O) groups is 2. The van der Waals surface area contributed by atoms with Crippen molar-refractivity contribution in [2.75, 3.05) is 0 Å². The van der Waals surface area contributed by atoms with Crippen LogP contribution in [0.15, 0.2) is 70.4 Å². The summed E-state index contributed by atoms with van der Waals surface area (Å²) in [4.78, 5) is 25.1. The molecule has 2 atom stereocenters. The van der Waals surface area contributed by atoms with Crippen molar-refractivity contribution in [2.24, 2.45) is 0 Å². The highest BCUT2D eigenvalue weighted by Gasteiger charge is 2.42. The van der Waals surface area contributed by atoms with Crippen molar-refractivity contribution in [3.63, 3.8) is 0 Å². The van der Waals surface area contributed by atoms with Crippen molar-refractivity contribution in [1.82, 2.24) is 0 Å². The number of Topliss-reactive ketones (excluding diaryl/α,β-unsaturated/α-hetero) is 2. The Morgan fingerprint density at radius 3 is 2.21 bits per heavy atom. The van der Waals surface area contributed by atoms with Crippen LogP contribution in [0.1, 0.15) is 35.7 Å². The molecule has 1 aliphatic heterocycles. The second-order valence-corrected chi connectivity index (χ2v) is 6.74. The van der Waals surface area contributed by atoms with E-state index in [1.165, 1.54) is 6.92 Å². The minimum absolute atomic E-state index is 0.0659. The zero-order valence-electron chi connectivity index (χ0n) is 13.5. The maximum absolute atomic E-state index is 12.9. The first-order valence-corrected chi connectivity index (χ1v) is 8.51. The first kappa shape index (κ1) is 16.7. The van der Waals surface area contributed by atoms with Gasteiger partial charge in [-0.25, -0.2) is 0 Å². The summed E-state index contributed by atoms with van der Waals surface area (Å²) >= 11 is 3.41. The number of ketones is 2. The molecule has 24 heavy (non-hydrogen) atoms. The third kappa shape index (κ3) is 3.06. The highest BCUT2D eigenvalue weighted by molar-refractivity contribution is 9.10. The second kappa shape index (κ2) is 6.73. The molecular formula is C20H17BrO3. The largest absolute Gasteiger partial charge is 0.485 e. The standard InChI is InChI=1S/C20H17BrO3/c1-12(22)17-13(2)24-20(19(23)15-6-4-3-5-7-15)18(17)14-8-10-16(21)11-9-14/h3-11,18,20H,1-2H3/t18-,20-/m0/s1. The molecule has 3 nitrogen and oxygen atoms in total. The van der Waals surface area contributed by atoms with Crippen LogP contribution < -0.4 is 0 Å². The van der Waals surface area contributed by atoms with Gasteiger partial charge in [-0.3, -0.25) is 9.59 Å². The first-order chi connectivity index (χ1) is 11.5. The van der Waals surface area contributed by atoms with E-state index in [1.54, 1.807) is 19.1 Å². The van der Waals surface area contributed by atoms with Crippen LogP contribution in [0.2, 0.25) is 0 Å². The molecule has 1 aliphatic rings. The highest BCUT2D eigenvalue weighted by Crippen LogP contribution is 2.41. The number of hydrogen-bond acceptors (Lipinski definition) is 3. The van der Waals surface area contributed by atoms with E-state index in [0.29, 0.717) is 16.9 Å². The van der Waals surface area contributed by atoms with E-state index in [-0.39, 0.29) is 17.5 Å². The predicted octanol–water partition coefficient (Wildman–Crippen LogP) is 4.68. The van der Waals surface area contributed by atoms with E-state index >= 15 is 0 Å². The molecule has 4 heteroatoms. The minimum atomic E-state index is -0.715. The molecule has 0 fully saturated rings. The topological polar surface area (TPSA) is 43.4 Å². The number of halogens is 1. The minimum Gasteiger partial charge on any atom is -0.485 e. The normalized spacial score (nSPS) is 20.0. The van der Waals surface area contributed by atoms with Gasteiger partial charge in [0.25, 0.3) is 0 Å². The molecule has 0 radical (unpaired) electrons. The molecule has 0 saturated carbocycles. The maximum Gasteiger partial charge on any atom is 0.204 e. The van der Waals surface area contributed by atoms with Gasteiger partial charge in [0, 0.05) is 15.6 Å². The smallest absolute Gasteiger partial charge is 0.204 e. The molecule has 1 heterocycles. The first-order valence-electron chi connectivity index (χ1n) is 7.72. The van der Waals surface area contributed by atoms with Crippen molar-refractivity contribution in [2.45, 2.75) is 25.9 Å². The lowest BCUT2D eigenvalue weighted by Gasteiger charge is -2.20. The Hall–Kier alpha value is -2.20. The third-order valence-electron chi connectivity index (χ3n) is 4.22. The quantitative estimate of drug-likeness (QED) is 0.718. The molecule has 2 aromatic carbocycles. The van der Waals surface area contributed by atoms with Gasteiger partial charge in [-0.2, -0.15) is 0 Å². The lowest BCUT2D eigenvalue weighted by molar-refractivity contribution is -0.113. The summed E-state index contributed by atoms with van der Waals surface area (Å²) < 4.78 is 6.79. The molecule has 3 rings (SSSR count). The summed E-state index contributed by atoms with van der Waals surface area (Å²) in [7, 11) is 0. The summed E-state index contributed by atoms with van der Waals surface area (Å²) in [6.07, 6.45) is -0.715. The Morgan fingerprint density at radius 1 is 1.00 bits per heavy atom. The summed E-state index contributed by atoms with van der Waals surface area (Å²) in [5.74, 6) is -0.0316. The van der Waals surface area contributed by atoms with Crippen LogP contribution in [0.4, 0.5) is 0 Å². The van der Waals surface area contributed by atoms with Crippen LogP contribution in [0, 0.1) is 0 Å². The van der Waals surface area contributed by atoms with Gasteiger partial charge >= 0.3 is 0 Å². The van der Waals surface area contributed by atoms with Crippen LogP contribution in [-0.4, -0.2) is 17.7 Å². The highest BCUT2D eigenvalue weighted by atomic mass is 79.9. The Morgan fingerprint density at radius 2 is 1.62 bits per heavy atom. The number of benzene rings is 2. The van der Waals surface area contributed by atoms with Crippen molar-refractivity contribution in [3.05, 3.63) is 81.5 Å². The number of allylic oxidation sites excluding steroid dienone is 1. The molecule has 0 unspecified atom stereocenters. The molecule has 0 bridgehead atoms. The average Bonchev–Trinajstić information content (AvgIpc) is 2.93. The van der Waals surface area contributed by atoms with Crippen LogP contribution >= 0.6 is 15.9 Å². The molecule has 0 amide bonds. The van der Waals surface area contributed by atoms with Gasteiger partial charge in [-0.05, 0) is 31.5 Å². The van der Waals surface area contributed by atoms with E-state index in [0.717, 1.165) is 10.0 Å². The summed E-state index contributed by atoms with van der Waals surface area (Å²) in [5.41, 5.74) is 2.06. The molecule has 2 aromatic rings. The lowest BCUT2D eigenvalue weighted by Crippen LogP contribution is -2.28. The molecule has 122 valence electrons. The van der Waals surface area contributed by atoms with E-state index in [1.807, 2.05) is 42.5 Å². The summed E-state index contributed by atoms with van der Waals surface area (Å²) in [6, 6.07) is 16.7. The fourth-order valence-electron chi connectivity index (χ4n) is 3.14. The monoisotopic (exact) mass is 384 g/mol. The molecule has 0 N–H and O–H groups in total. The zero-order valence-corrected chi connectivity index (χ0v) is 15.0. The van der Waals surface area contributed by atoms with Gasteiger partial charge in [0.05, 0.1) is 5.92 Å². The fraction of sp³-hybridized carbons (Fsp3) is 0.200. The van der Waals surface area contributed by atoms with Crippen molar-refractivity contribution < 1.29 is 14.3 Å². The van der Waals surface area contributed by atoms with Crippen molar-refractivity contribution in [3.8, 4) is 0 Å². The summed E-state index contributed by atoms with van der Waals surface area (Å²) in [6.45, 7) is 3.27. The number of ether oxygens (including phenoxy) is 1. The van der Waals surface area contributed by atoms with E-state index in [2.05, 4.69) is 15.9 Å². The van der Waals surface area contributed by atoms with Crippen LogP contribution in [-0.2, 0) is 9.53 Å². The van der Waals surface area contributed by atoms with Gasteiger partial charge in [0.15, 0.2) is 11.9 Å². The van der Waals surface area contributed by atoms with E-state index in [9.17, 15) is 9.59 Å². The predicted molar refractivity (Wildman–Crippen MR) is 95.9 cm³/mol. The van der Waals surface area contributed by atoms with Crippen molar-refractivity contribution in [1.29, 1.82) is 0 Å². The molecule has 0 saturated heterocycles. The van der Waals surface area contributed by atoms with Gasteiger partial charge in [-0.15, -0.1) is 0 Å². The Bertz CT molecular complexity index is 807. The number of rotatable bonds is 4. The zero-order chi connectivity index (χ0) is 17.3. The number of carbonyl (C=O) groups excluding carboxylic acids is 2. The van der Waals surface area contributed by atoms with Gasteiger partial charge in [0.1, 0.15) is 5.76 Å². The Balaban J connectivity index is 2.04. The van der Waals surface area contributed by atoms with Crippen LogP contribution in [0.3, 0.4) is 0 Å². The third-order valence-corrected chi connectivity index (χ3v) is 4.75. The molecule has 0 aromatic heterocycles. The van der Waals surface area contributed by atoms with Crippen LogP contribution in [0.25, 0.3) is 0 Å². The Labute approximate surface area is 149 Å². The fourth-order valence-corrected chi connectivity index (χ4v) is 3.41.